The van der Waals surface area contributed by atoms with Crippen LogP contribution in [0, 0.1) is 0 Å². The van der Waals surface area contributed by atoms with Crippen LogP contribution in [-0.2, 0) is 9.84 Å². The smallest absolute Gasteiger partial charge is 0.175 e. The average molecular weight is 370 g/mol. The molecule has 1 aromatic rings. The zero-order valence-corrected chi connectivity index (χ0v) is 15.9. The van der Waals surface area contributed by atoms with E-state index in [0.717, 1.165) is 23.9 Å². The molecule has 5 nitrogen and oxygen atoms in total. The molecule has 24 heavy (non-hydrogen) atoms. The number of hydrogen-bond donors (Lipinski definition) is 3. The van der Waals surface area contributed by atoms with E-state index >= 15 is 0 Å². The Bertz CT molecular complexity index is 642. The lowest BCUT2D eigenvalue weighted by Crippen LogP contribution is -2.62. The van der Waals surface area contributed by atoms with Crippen molar-refractivity contribution in [3.05, 3.63) is 29.8 Å². The van der Waals surface area contributed by atoms with Gasteiger partial charge in [0.15, 0.2) is 9.84 Å². The highest BCUT2D eigenvalue weighted by molar-refractivity contribution is 8.00. The molecule has 0 amide bonds. The van der Waals surface area contributed by atoms with Gasteiger partial charge in [-0.25, -0.2) is 8.42 Å². The lowest BCUT2D eigenvalue weighted by Gasteiger charge is -2.38. The first-order valence-corrected chi connectivity index (χ1v) is 11.5. The molecule has 4 unspecified atom stereocenters. The average Bonchev–Trinajstić information content (AvgIpc) is 3.07. The maximum atomic E-state index is 11.6. The van der Waals surface area contributed by atoms with Gasteiger partial charge in [0, 0.05) is 36.7 Å². The number of nitrogens with one attached hydrogen (secondary N) is 3. The molecule has 0 saturated carbocycles. The number of benzene rings is 1. The number of rotatable bonds is 5. The second-order valence-corrected chi connectivity index (χ2v) is 10.2. The van der Waals surface area contributed by atoms with Crippen LogP contribution in [0.2, 0.25) is 0 Å². The van der Waals surface area contributed by atoms with E-state index in [1.54, 1.807) is 12.1 Å². The minimum atomic E-state index is -3.14. The van der Waals surface area contributed by atoms with Crippen LogP contribution in [-0.4, -0.2) is 51.0 Å². The van der Waals surface area contributed by atoms with Crippen molar-refractivity contribution in [2.75, 3.05) is 25.1 Å². The molecule has 0 bridgehead atoms. The number of thioether (sulfide) groups is 1. The highest BCUT2D eigenvalue weighted by Gasteiger charge is 2.28. The summed E-state index contributed by atoms with van der Waals surface area (Å²) >= 11 is 2.07. The SMILES string of the molecule is CC1NCC(c2ccc(S(C)(=O)=O)cc2)NC1NCC1CCCS1. The van der Waals surface area contributed by atoms with Crippen molar-refractivity contribution in [2.24, 2.45) is 0 Å². The molecule has 2 aliphatic heterocycles. The van der Waals surface area contributed by atoms with Gasteiger partial charge in [-0.15, -0.1) is 0 Å². The maximum absolute atomic E-state index is 11.6. The Morgan fingerprint density at radius 1 is 1.29 bits per heavy atom. The van der Waals surface area contributed by atoms with Gasteiger partial charge < -0.3 is 5.32 Å². The highest BCUT2D eigenvalue weighted by Crippen LogP contribution is 2.25. The van der Waals surface area contributed by atoms with Gasteiger partial charge in [0.2, 0.25) is 0 Å². The fourth-order valence-corrected chi connectivity index (χ4v) is 5.15. The van der Waals surface area contributed by atoms with Gasteiger partial charge in [0.25, 0.3) is 0 Å². The lowest BCUT2D eigenvalue weighted by atomic mass is 10.0. The molecule has 3 rings (SSSR count). The van der Waals surface area contributed by atoms with Crippen LogP contribution in [0.4, 0.5) is 0 Å². The van der Waals surface area contributed by atoms with Crippen LogP contribution in [0.1, 0.15) is 31.4 Å². The zero-order valence-electron chi connectivity index (χ0n) is 14.3. The van der Waals surface area contributed by atoms with Gasteiger partial charge in [-0.05, 0) is 43.2 Å². The summed E-state index contributed by atoms with van der Waals surface area (Å²) in [5.74, 6) is 1.29. The molecule has 7 heteroatoms. The van der Waals surface area contributed by atoms with Crippen LogP contribution in [0.3, 0.4) is 0 Å². The predicted molar refractivity (Wildman–Crippen MR) is 100 cm³/mol. The van der Waals surface area contributed by atoms with Crippen LogP contribution in [0.5, 0.6) is 0 Å². The first kappa shape index (κ1) is 18.2. The van der Waals surface area contributed by atoms with Gasteiger partial charge in [-0.1, -0.05) is 12.1 Å². The normalized spacial score (nSPS) is 31.2. The first-order chi connectivity index (χ1) is 11.4. The van der Waals surface area contributed by atoms with E-state index in [4.69, 9.17) is 0 Å². The second kappa shape index (κ2) is 7.74. The summed E-state index contributed by atoms with van der Waals surface area (Å²) in [6.07, 6.45) is 4.10. The van der Waals surface area contributed by atoms with E-state index < -0.39 is 9.84 Å². The molecule has 134 valence electrons. The quantitative estimate of drug-likeness (QED) is 0.731. The Hall–Kier alpha value is -0.600. The molecule has 2 heterocycles. The molecule has 4 atom stereocenters. The highest BCUT2D eigenvalue weighted by atomic mass is 32.2. The second-order valence-electron chi connectivity index (χ2n) is 6.78. The fourth-order valence-electron chi connectivity index (χ4n) is 3.30. The fraction of sp³-hybridized carbons (Fsp3) is 0.647. The van der Waals surface area contributed by atoms with E-state index in [0.29, 0.717) is 10.9 Å². The van der Waals surface area contributed by atoms with Crippen molar-refractivity contribution in [1.82, 2.24) is 16.0 Å². The van der Waals surface area contributed by atoms with Gasteiger partial charge in [0.05, 0.1) is 11.1 Å². The molecule has 1 aromatic carbocycles. The predicted octanol–water partition coefficient (Wildman–Crippen LogP) is 1.52. The Labute approximate surface area is 149 Å². The largest absolute Gasteiger partial charge is 0.310 e. The summed E-state index contributed by atoms with van der Waals surface area (Å²) in [4.78, 5) is 0.372. The molecular weight excluding hydrogens is 342 g/mol. The molecule has 2 saturated heterocycles. The van der Waals surface area contributed by atoms with Crippen molar-refractivity contribution >= 4 is 21.6 Å². The van der Waals surface area contributed by atoms with E-state index in [-0.39, 0.29) is 12.2 Å². The monoisotopic (exact) mass is 369 g/mol. The molecule has 0 aromatic heterocycles. The van der Waals surface area contributed by atoms with E-state index in [1.165, 1.54) is 24.9 Å². The molecular formula is C17H27N3O2S2. The van der Waals surface area contributed by atoms with Crippen molar-refractivity contribution < 1.29 is 8.42 Å². The van der Waals surface area contributed by atoms with E-state index in [9.17, 15) is 8.42 Å². The summed E-state index contributed by atoms with van der Waals surface area (Å²) < 4.78 is 23.2. The van der Waals surface area contributed by atoms with E-state index in [1.807, 2.05) is 12.1 Å². The van der Waals surface area contributed by atoms with Crippen LogP contribution >= 0.6 is 11.8 Å². The molecule has 2 aliphatic rings. The van der Waals surface area contributed by atoms with Crippen molar-refractivity contribution in [1.29, 1.82) is 0 Å². The topological polar surface area (TPSA) is 70.2 Å². The maximum Gasteiger partial charge on any atom is 0.175 e. The Balaban J connectivity index is 1.61. The molecule has 0 radical (unpaired) electrons. The summed E-state index contributed by atoms with van der Waals surface area (Å²) in [6, 6.07) is 7.77. The summed E-state index contributed by atoms with van der Waals surface area (Å²) in [7, 11) is -3.14. The zero-order chi connectivity index (χ0) is 17.2. The molecule has 0 aliphatic carbocycles. The van der Waals surface area contributed by atoms with Crippen molar-refractivity contribution in [3.8, 4) is 0 Å². The van der Waals surface area contributed by atoms with Gasteiger partial charge >= 0.3 is 0 Å². The number of piperazine rings is 1. The van der Waals surface area contributed by atoms with E-state index in [2.05, 4.69) is 34.6 Å². The summed E-state index contributed by atoms with van der Waals surface area (Å²) in [6.45, 7) is 4.07. The van der Waals surface area contributed by atoms with Crippen LogP contribution in [0.15, 0.2) is 29.2 Å². The lowest BCUT2D eigenvalue weighted by molar-refractivity contribution is 0.245. The minimum Gasteiger partial charge on any atom is -0.310 e. The van der Waals surface area contributed by atoms with Crippen molar-refractivity contribution in [3.63, 3.8) is 0 Å². The van der Waals surface area contributed by atoms with Crippen molar-refractivity contribution in [2.45, 2.75) is 48.2 Å². The van der Waals surface area contributed by atoms with Gasteiger partial charge in [-0.3, -0.25) is 10.6 Å². The first-order valence-electron chi connectivity index (χ1n) is 8.58. The number of sulfone groups is 1. The standard InChI is InChI=1S/C17H27N3O2S2/c1-12-17(19-10-14-4-3-9-23-14)20-16(11-18-12)13-5-7-15(8-6-13)24(2,21)22/h5-8,12,14,16-20H,3-4,9-11H2,1-2H3. The summed E-state index contributed by atoms with van der Waals surface area (Å²) in [5, 5.41) is 11.6. The van der Waals surface area contributed by atoms with Crippen LogP contribution in [0.25, 0.3) is 0 Å². The number of hydrogen-bond acceptors (Lipinski definition) is 6. The molecule has 2 fully saturated rings. The molecule has 0 spiro atoms. The van der Waals surface area contributed by atoms with Crippen LogP contribution < -0.4 is 16.0 Å². The third kappa shape index (κ3) is 4.52. The minimum absolute atomic E-state index is 0.184. The molecule has 3 N–H and O–H groups in total. The third-order valence-corrected chi connectivity index (χ3v) is 7.35. The van der Waals surface area contributed by atoms with Gasteiger partial charge in [0.1, 0.15) is 0 Å². The third-order valence-electron chi connectivity index (χ3n) is 4.82. The Kier molecular flexibility index (Phi) is 5.87. The van der Waals surface area contributed by atoms with Gasteiger partial charge in [-0.2, -0.15) is 11.8 Å². The Morgan fingerprint density at radius 3 is 2.67 bits per heavy atom. The summed E-state index contributed by atoms with van der Waals surface area (Å²) in [5.41, 5.74) is 1.11. The Morgan fingerprint density at radius 2 is 2.04 bits per heavy atom.